The minimum atomic E-state index is 0.682. The van der Waals surface area contributed by atoms with Crippen LogP contribution in [0, 0.1) is 13.8 Å². The summed E-state index contributed by atoms with van der Waals surface area (Å²) in [6.45, 7) is 4.03. The average molecular weight is 269 g/mol. The first-order chi connectivity index (χ1) is 9.13. The zero-order valence-electron chi connectivity index (χ0n) is 10.8. The van der Waals surface area contributed by atoms with E-state index in [1.165, 1.54) is 0 Å². The van der Waals surface area contributed by atoms with Gasteiger partial charge in [0, 0.05) is 10.9 Å². The van der Waals surface area contributed by atoms with Crippen LogP contribution in [-0.2, 0) is 0 Å². The van der Waals surface area contributed by atoms with Crippen molar-refractivity contribution in [3.05, 3.63) is 58.1 Å². The number of fused-ring (bicyclic) bond motifs is 2. The molecule has 0 N–H and O–H groups in total. The van der Waals surface area contributed by atoms with Crippen LogP contribution in [0.5, 0.6) is 0 Å². The van der Waals surface area contributed by atoms with Crippen LogP contribution in [0.25, 0.3) is 21.5 Å². The van der Waals surface area contributed by atoms with Gasteiger partial charge in [-0.15, -0.1) is 0 Å². The number of benzene rings is 3. The molecule has 0 fully saturated rings. The summed E-state index contributed by atoms with van der Waals surface area (Å²) in [4.78, 5) is 11.5. The molecule has 2 heteroatoms. The van der Waals surface area contributed by atoms with Crippen LogP contribution in [0.15, 0.2) is 36.4 Å². The van der Waals surface area contributed by atoms with Crippen LogP contribution >= 0.6 is 11.6 Å². The van der Waals surface area contributed by atoms with E-state index in [2.05, 4.69) is 12.1 Å². The Morgan fingerprint density at radius 2 is 1.79 bits per heavy atom. The molecule has 3 aromatic rings. The van der Waals surface area contributed by atoms with E-state index in [9.17, 15) is 4.79 Å². The third-order valence-electron chi connectivity index (χ3n) is 3.75. The fourth-order valence-electron chi connectivity index (χ4n) is 2.58. The number of carbonyl (C=O) groups is 1. The predicted molar refractivity (Wildman–Crippen MR) is 81.3 cm³/mol. The maximum Gasteiger partial charge on any atom is 0.151 e. The highest BCUT2D eigenvalue weighted by Gasteiger charge is 2.13. The standard InChI is InChI=1S/C17H13ClO/c1-10-7-13-8-12-5-3-4-6-14(12)15(9-19)16(13)17(18)11(10)2/h3-9H,1-2H3. The van der Waals surface area contributed by atoms with Crippen molar-refractivity contribution in [3.63, 3.8) is 0 Å². The van der Waals surface area contributed by atoms with Crippen molar-refractivity contribution >= 4 is 39.4 Å². The van der Waals surface area contributed by atoms with Crippen molar-refractivity contribution in [2.24, 2.45) is 0 Å². The topological polar surface area (TPSA) is 17.1 Å². The van der Waals surface area contributed by atoms with E-state index in [0.717, 1.165) is 39.0 Å². The molecule has 0 aliphatic heterocycles. The Bertz CT molecular complexity index is 818. The third-order valence-corrected chi connectivity index (χ3v) is 4.22. The number of aryl methyl sites for hydroxylation is 1. The molecule has 0 heterocycles. The number of carbonyl (C=O) groups excluding carboxylic acids is 1. The fraction of sp³-hybridized carbons (Fsp3) is 0.118. The van der Waals surface area contributed by atoms with Crippen molar-refractivity contribution < 1.29 is 4.79 Å². The Morgan fingerprint density at radius 1 is 1.05 bits per heavy atom. The van der Waals surface area contributed by atoms with Crippen LogP contribution in [0.4, 0.5) is 0 Å². The molecule has 1 nitrogen and oxygen atoms in total. The molecule has 0 aliphatic rings. The van der Waals surface area contributed by atoms with E-state index >= 15 is 0 Å². The molecule has 0 saturated carbocycles. The minimum absolute atomic E-state index is 0.682. The van der Waals surface area contributed by atoms with E-state index in [4.69, 9.17) is 11.6 Å². The van der Waals surface area contributed by atoms with E-state index in [1.54, 1.807) is 0 Å². The minimum Gasteiger partial charge on any atom is -0.298 e. The number of aldehydes is 1. The summed E-state index contributed by atoms with van der Waals surface area (Å²) in [5.74, 6) is 0. The monoisotopic (exact) mass is 268 g/mol. The Hall–Kier alpha value is -1.86. The first kappa shape index (κ1) is 12.2. The number of rotatable bonds is 1. The van der Waals surface area contributed by atoms with Gasteiger partial charge >= 0.3 is 0 Å². The van der Waals surface area contributed by atoms with Gasteiger partial charge in [-0.05, 0) is 47.2 Å². The van der Waals surface area contributed by atoms with E-state index in [-0.39, 0.29) is 0 Å². The number of halogens is 1. The summed E-state index contributed by atoms with van der Waals surface area (Å²) in [5, 5.41) is 4.58. The van der Waals surface area contributed by atoms with E-state index in [0.29, 0.717) is 10.6 Å². The van der Waals surface area contributed by atoms with Crippen LogP contribution in [-0.4, -0.2) is 6.29 Å². The van der Waals surface area contributed by atoms with Gasteiger partial charge in [0.05, 0.1) is 5.02 Å². The lowest BCUT2D eigenvalue weighted by molar-refractivity contribution is 0.112. The van der Waals surface area contributed by atoms with Gasteiger partial charge < -0.3 is 0 Å². The van der Waals surface area contributed by atoms with E-state index in [1.807, 2.05) is 38.1 Å². The molecule has 0 spiro atoms. The Morgan fingerprint density at radius 3 is 2.53 bits per heavy atom. The molecular formula is C17H13ClO. The second-order valence-electron chi connectivity index (χ2n) is 4.86. The first-order valence-electron chi connectivity index (χ1n) is 6.20. The van der Waals surface area contributed by atoms with Gasteiger partial charge in [-0.25, -0.2) is 0 Å². The van der Waals surface area contributed by atoms with Crippen molar-refractivity contribution in [2.75, 3.05) is 0 Å². The molecule has 3 aromatic carbocycles. The Kier molecular flexibility index (Phi) is 2.79. The second-order valence-corrected chi connectivity index (χ2v) is 5.24. The molecule has 19 heavy (non-hydrogen) atoms. The summed E-state index contributed by atoms with van der Waals surface area (Å²) in [5.41, 5.74) is 2.86. The van der Waals surface area contributed by atoms with Crippen LogP contribution in [0.1, 0.15) is 21.5 Å². The molecule has 3 rings (SSSR count). The molecule has 0 atom stereocenters. The number of hydrogen-bond donors (Lipinski definition) is 0. The summed E-state index contributed by atoms with van der Waals surface area (Å²) < 4.78 is 0. The highest BCUT2D eigenvalue weighted by molar-refractivity contribution is 6.38. The quantitative estimate of drug-likeness (QED) is 0.444. The SMILES string of the molecule is Cc1cc2cc3ccccc3c(C=O)c2c(Cl)c1C. The zero-order chi connectivity index (χ0) is 13.6. The smallest absolute Gasteiger partial charge is 0.151 e. The van der Waals surface area contributed by atoms with Gasteiger partial charge in [-0.3, -0.25) is 4.79 Å². The molecular weight excluding hydrogens is 256 g/mol. The van der Waals surface area contributed by atoms with Gasteiger partial charge in [0.2, 0.25) is 0 Å². The van der Waals surface area contributed by atoms with Gasteiger partial charge in [0.15, 0.2) is 6.29 Å². The Balaban J connectivity index is 2.64. The van der Waals surface area contributed by atoms with Gasteiger partial charge in [0.1, 0.15) is 0 Å². The average Bonchev–Trinajstić information content (AvgIpc) is 2.42. The van der Waals surface area contributed by atoms with Crippen molar-refractivity contribution in [3.8, 4) is 0 Å². The summed E-state index contributed by atoms with van der Waals surface area (Å²) >= 11 is 6.46. The zero-order valence-corrected chi connectivity index (χ0v) is 11.6. The molecule has 0 amide bonds. The van der Waals surface area contributed by atoms with Gasteiger partial charge in [0.25, 0.3) is 0 Å². The van der Waals surface area contributed by atoms with Crippen LogP contribution < -0.4 is 0 Å². The lowest BCUT2D eigenvalue weighted by atomic mass is 9.94. The maximum atomic E-state index is 11.5. The van der Waals surface area contributed by atoms with Crippen LogP contribution in [0.2, 0.25) is 5.02 Å². The lowest BCUT2D eigenvalue weighted by Gasteiger charge is -2.12. The third kappa shape index (κ3) is 1.73. The fourth-order valence-corrected chi connectivity index (χ4v) is 2.94. The van der Waals surface area contributed by atoms with Gasteiger partial charge in [-0.2, -0.15) is 0 Å². The highest BCUT2D eigenvalue weighted by Crippen LogP contribution is 2.35. The van der Waals surface area contributed by atoms with Crippen molar-refractivity contribution in [2.45, 2.75) is 13.8 Å². The second kappa shape index (κ2) is 4.36. The molecule has 0 aliphatic carbocycles. The molecule has 0 saturated heterocycles. The van der Waals surface area contributed by atoms with Crippen molar-refractivity contribution in [1.29, 1.82) is 0 Å². The summed E-state index contributed by atoms with van der Waals surface area (Å²) in [6, 6.07) is 12.1. The molecule has 94 valence electrons. The van der Waals surface area contributed by atoms with Crippen LogP contribution in [0.3, 0.4) is 0 Å². The first-order valence-corrected chi connectivity index (χ1v) is 6.57. The predicted octanol–water partition coefficient (Wildman–Crippen LogP) is 5.08. The highest BCUT2D eigenvalue weighted by atomic mass is 35.5. The normalized spacial score (nSPS) is 11.1. The molecule has 0 unspecified atom stereocenters. The number of hydrogen-bond acceptors (Lipinski definition) is 1. The molecule has 0 bridgehead atoms. The molecule has 0 aromatic heterocycles. The molecule has 0 radical (unpaired) electrons. The summed E-state index contributed by atoms with van der Waals surface area (Å²) in [7, 11) is 0. The lowest BCUT2D eigenvalue weighted by Crippen LogP contribution is -1.92. The summed E-state index contributed by atoms with van der Waals surface area (Å²) in [6.07, 6.45) is 0.908. The maximum absolute atomic E-state index is 11.5. The van der Waals surface area contributed by atoms with Gasteiger partial charge in [-0.1, -0.05) is 41.9 Å². The Labute approximate surface area is 116 Å². The largest absolute Gasteiger partial charge is 0.298 e. The van der Waals surface area contributed by atoms with Crippen molar-refractivity contribution in [1.82, 2.24) is 0 Å². The van der Waals surface area contributed by atoms with E-state index < -0.39 is 0 Å².